The van der Waals surface area contributed by atoms with Crippen LogP contribution in [-0.2, 0) is 26.4 Å². The zero-order chi connectivity index (χ0) is 19.2. The molecule has 7 nitrogen and oxygen atoms in total. The highest BCUT2D eigenvalue weighted by Crippen LogP contribution is 2.34. The molecule has 0 radical (unpaired) electrons. The van der Waals surface area contributed by atoms with E-state index in [2.05, 4.69) is 10.2 Å². The van der Waals surface area contributed by atoms with Crippen molar-refractivity contribution < 1.29 is 21.0 Å². The number of hydrogen-bond acceptors (Lipinski definition) is 7. The number of benzene rings is 2. The lowest BCUT2D eigenvalue weighted by Gasteiger charge is -2.08. The van der Waals surface area contributed by atoms with Crippen LogP contribution in [0.1, 0.15) is 16.7 Å². The molecule has 0 fully saturated rings. The molecule has 1 aromatic heterocycles. The summed E-state index contributed by atoms with van der Waals surface area (Å²) in [7, 11) is -7.81. The minimum Gasteiger partial charge on any atom is -0.379 e. The van der Waals surface area contributed by atoms with Crippen molar-refractivity contribution in [2.24, 2.45) is 0 Å². The number of fused-ring (bicyclic) bond motifs is 1. The second-order valence-corrected chi connectivity index (χ2v) is 9.57. The minimum absolute atomic E-state index is 0.00261. The van der Waals surface area contributed by atoms with E-state index in [1.54, 1.807) is 18.3 Å². The van der Waals surface area contributed by atoms with Gasteiger partial charge in [0, 0.05) is 12.0 Å². The predicted molar refractivity (Wildman–Crippen MR) is 95.7 cm³/mol. The first-order valence-electron chi connectivity index (χ1n) is 7.97. The Labute approximate surface area is 156 Å². The fourth-order valence-corrected chi connectivity index (χ4v) is 4.91. The standard InChI is InChI=1S/C18H14N2O5S2/c1-12-2-6-16(7-3-12)27(23,24)25-14-4-8-15(9-5-14)26(21,22)18-17-10-13(17)11-19-20-18/h2-9,11H,10H2,1H3. The van der Waals surface area contributed by atoms with Gasteiger partial charge in [0.1, 0.15) is 10.6 Å². The number of aryl methyl sites for hydroxylation is 1. The fraction of sp³-hybridized carbons (Fsp3) is 0.111. The predicted octanol–water partition coefficient (Wildman–Crippen LogP) is 2.29. The van der Waals surface area contributed by atoms with Gasteiger partial charge in [-0.25, -0.2) is 8.42 Å². The zero-order valence-corrected chi connectivity index (χ0v) is 15.8. The van der Waals surface area contributed by atoms with Crippen LogP contribution in [0.25, 0.3) is 0 Å². The van der Waals surface area contributed by atoms with Crippen molar-refractivity contribution >= 4 is 20.0 Å². The quantitative estimate of drug-likeness (QED) is 0.472. The summed E-state index contributed by atoms with van der Waals surface area (Å²) in [6, 6.07) is 11.4. The summed E-state index contributed by atoms with van der Waals surface area (Å²) < 4.78 is 55.1. The highest BCUT2D eigenvalue weighted by atomic mass is 32.2. The van der Waals surface area contributed by atoms with Crippen LogP contribution in [0.5, 0.6) is 5.75 Å². The van der Waals surface area contributed by atoms with Crippen LogP contribution in [0.15, 0.2) is 69.5 Å². The Balaban J connectivity index is 1.59. The summed E-state index contributed by atoms with van der Waals surface area (Å²) in [5.41, 5.74) is 2.47. The molecule has 0 aliphatic heterocycles. The molecular formula is C18H14N2O5S2. The van der Waals surface area contributed by atoms with Crippen LogP contribution < -0.4 is 4.18 Å². The summed E-state index contributed by atoms with van der Waals surface area (Å²) >= 11 is 0. The zero-order valence-electron chi connectivity index (χ0n) is 14.2. The molecule has 2 aromatic carbocycles. The van der Waals surface area contributed by atoms with Gasteiger partial charge in [-0.1, -0.05) is 17.7 Å². The van der Waals surface area contributed by atoms with Gasteiger partial charge in [0.05, 0.1) is 11.1 Å². The Morgan fingerprint density at radius 1 is 0.889 bits per heavy atom. The van der Waals surface area contributed by atoms with Gasteiger partial charge in [0.15, 0.2) is 5.03 Å². The molecule has 0 unspecified atom stereocenters. The van der Waals surface area contributed by atoms with Gasteiger partial charge in [-0.05, 0) is 48.9 Å². The van der Waals surface area contributed by atoms with Crippen molar-refractivity contribution in [2.45, 2.75) is 28.2 Å². The summed E-state index contributed by atoms with van der Waals surface area (Å²) in [5, 5.41) is 7.39. The Kier molecular flexibility index (Phi) is 4.01. The van der Waals surface area contributed by atoms with Gasteiger partial charge < -0.3 is 4.18 Å². The van der Waals surface area contributed by atoms with Crippen molar-refractivity contribution in [1.82, 2.24) is 10.2 Å². The van der Waals surface area contributed by atoms with Gasteiger partial charge in [0.2, 0.25) is 9.84 Å². The van der Waals surface area contributed by atoms with Gasteiger partial charge in [-0.15, -0.1) is 5.10 Å². The molecule has 0 amide bonds. The molecule has 0 N–H and O–H groups in total. The van der Waals surface area contributed by atoms with E-state index in [4.69, 9.17) is 4.18 Å². The van der Waals surface area contributed by atoms with E-state index in [-0.39, 0.29) is 20.6 Å². The summed E-state index contributed by atoms with van der Waals surface area (Å²) in [6.07, 6.45) is 2.11. The number of sulfone groups is 1. The van der Waals surface area contributed by atoms with E-state index < -0.39 is 20.0 Å². The van der Waals surface area contributed by atoms with E-state index in [1.165, 1.54) is 36.4 Å². The molecule has 4 rings (SSSR count). The molecule has 0 saturated heterocycles. The smallest absolute Gasteiger partial charge is 0.339 e. The second-order valence-electron chi connectivity index (χ2n) is 6.16. The third-order valence-electron chi connectivity index (χ3n) is 4.15. The molecule has 27 heavy (non-hydrogen) atoms. The van der Waals surface area contributed by atoms with Crippen LogP contribution in [0, 0.1) is 6.92 Å². The van der Waals surface area contributed by atoms with Gasteiger partial charge in [-0.2, -0.15) is 13.5 Å². The Hall–Kier alpha value is -2.78. The second kappa shape index (κ2) is 6.14. The van der Waals surface area contributed by atoms with Crippen LogP contribution >= 0.6 is 0 Å². The molecule has 3 aromatic rings. The average Bonchev–Trinajstić information content (AvgIpc) is 3.41. The maximum atomic E-state index is 12.7. The molecule has 138 valence electrons. The summed E-state index contributed by atoms with van der Waals surface area (Å²) in [5.74, 6) is 0.0180. The van der Waals surface area contributed by atoms with Crippen LogP contribution in [0.4, 0.5) is 0 Å². The van der Waals surface area contributed by atoms with E-state index in [1.807, 2.05) is 6.92 Å². The molecule has 0 spiro atoms. The van der Waals surface area contributed by atoms with Gasteiger partial charge in [0.25, 0.3) is 0 Å². The van der Waals surface area contributed by atoms with Gasteiger partial charge in [-0.3, -0.25) is 0 Å². The van der Waals surface area contributed by atoms with E-state index in [0.717, 1.165) is 11.1 Å². The Morgan fingerprint density at radius 2 is 1.52 bits per heavy atom. The third-order valence-corrected chi connectivity index (χ3v) is 7.15. The van der Waals surface area contributed by atoms with Crippen molar-refractivity contribution in [2.75, 3.05) is 0 Å². The van der Waals surface area contributed by atoms with E-state index >= 15 is 0 Å². The molecular weight excluding hydrogens is 388 g/mol. The molecule has 1 aliphatic carbocycles. The highest BCUT2D eigenvalue weighted by Gasteiger charge is 2.32. The molecule has 0 bridgehead atoms. The molecule has 1 heterocycles. The molecule has 9 heteroatoms. The topological polar surface area (TPSA) is 103 Å². The van der Waals surface area contributed by atoms with Crippen molar-refractivity contribution in [1.29, 1.82) is 0 Å². The number of aromatic nitrogens is 2. The van der Waals surface area contributed by atoms with Crippen LogP contribution in [0.3, 0.4) is 0 Å². The number of hydrogen-bond donors (Lipinski definition) is 0. The minimum atomic E-state index is -4.00. The maximum Gasteiger partial charge on any atom is 0.339 e. The maximum absolute atomic E-state index is 12.7. The lowest BCUT2D eigenvalue weighted by atomic mass is 10.2. The van der Waals surface area contributed by atoms with E-state index in [0.29, 0.717) is 12.0 Å². The van der Waals surface area contributed by atoms with Crippen LogP contribution in [-0.4, -0.2) is 27.0 Å². The normalized spacial score (nSPS) is 13.1. The fourth-order valence-electron chi connectivity index (χ4n) is 2.58. The van der Waals surface area contributed by atoms with Crippen LogP contribution in [0.2, 0.25) is 0 Å². The first-order valence-corrected chi connectivity index (χ1v) is 10.9. The third kappa shape index (κ3) is 3.31. The van der Waals surface area contributed by atoms with Crippen molar-refractivity contribution in [3.05, 3.63) is 71.4 Å². The average molecular weight is 402 g/mol. The van der Waals surface area contributed by atoms with Crippen molar-refractivity contribution in [3.8, 4) is 5.75 Å². The Bertz CT molecular complexity index is 1230. The first-order chi connectivity index (χ1) is 12.8. The lowest BCUT2D eigenvalue weighted by Crippen LogP contribution is -2.10. The first kappa shape index (κ1) is 17.6. The molecule has 1 aliphatic rings. The monoisotopic (exact) mass is 402 g/mol. The van der Waals surface area contributed by atoms with Crippen molar-refractivity contribution in [3.63, 3.8) is 0 Å². The lowest BCUT2D eigenvalue weighted by molar-refractivity contribution is 0.486. The Morgan fingerprint density at radius 3 is 2.19 bits per heavy atom. The van der Waals surface area contributed by atoms with E-state index in [9.17, 15) is 16.8 Å². The van der Waals surface area contributed by atoms with Gasteiger partial charge >= 0.3 is 10.1 Å². The molecule has 0 atom stereocenters. The number of nitrogens with zero attached hydrogens (tertiary/aromatic N) is 2. The summed E-state index contributed by atoms with van der Waals surface area (Å²) in [6.45, 7) is 1.85. The highest BCUT2D eigenvalue weighted by molar-refractivity contribution is 7.91. The summed E-state index contributed by atoms with van der Waals surface area (Å²) in [4.78, 5) is 0.0182. The number of rotatable bonds is 5. The molecule has 0 saturated carbocycles. The SMILES string of the molecule is Cc1ccc(S(=O)(=O)Oc2ccc(S(=O)(=O)c3nncc4c3C4)cc2)cc1. The largest absolute Gasteiger partial charge is 0.379 e.